The number of carbonyl (C=O) groups is 4. The Bertz CT molecular complexity index is 2170. The lowest BCUT2D eigenvalue weighted by atomic mass is 9.79. The van der Waals surface area contributed by atoms with Crippen LogP contribution in [0.5, 0.6) is 0 Å². The maximum Gasteiger partial charge on any atom is 0.353 e. The molecule has 8 heterocycles. The van der Waals surface area contributed by atoms with Crippen LogP contribution < -0.4 is 5.32 Å². The molecule has 2 aromatic rings. The molecule has 6 aliphatic rings. The minimum atomic E-state index is -1.13. The van der Waals surface area contributed by atoms with Gasteiger partial charge in [-0.3, -0.25) is 15.0 Å². The summed E-state index contributed by atoms with van der Waals surface area (Å²) in [7, 11) is 0. The van der Waals surface area contributed by atoms with Crippen molar-refractivity contribution in [3.63, 3.8) is 0 Å². The topological polar surface area (TPSA) is 221 Å². The van der Waals surface area contributed by atoms with E-state index in [2.05, 4.69) is 29.4 Å². The molecule has 15 nitrogen and oxygen atoms in total. The predicted octanol–water partition coefficient (Wildman–Crippen LogP) is 4.24. The normalized spacial score (nSPS) is 30.0. The van der Waals surface area contributed by atoms with Crippen LogP contribution in [0, 0.1) is 29.1 Å². The number of carboxylic acids is 2. The van der Waals surface area contributed by atoms with Gasteiger partial charge >= 0.3 is 11.9 Å². The van der Waals surface area contributed by atoms with E-state index in [0.29, 0.717) is 26.5 Å². The molecule has 0 spiro atoms. The minimum absolute atomic E-state index is 0.00945. The van der Waals surface area contributed by atoms with Crippen LogP contribution in [0.4, 0.5) is 0 Å². The number of aliphatic hydroxyl groups excluding tert-OH is 2. The molecule has 0 saturated carbocycles. The average Bonchev–Trinajstić information content (AvgIpc) is 3.98. The smallest absolute Gasteiger partial charge is 0.353 e. The van der Waals surface area contributed by atoms with Gasteiger partial charge in [0.05, 0.1) is 59.4 Å². The van der Waals surface area contributed by atoms with Gasteiger partial charge in [0.2, 0.25) is 11.8 Å². The highest BCUT2D eigenvalue weighted by molar-refractivity contribution is 8.05. The Morgan fingerprint density at radius 2 is 1.28 bits per heavy atom. The van der Waals surface area contributed by atoms with E-state index >= 15 is 0 Å². The highest BCUT2D eigenvalue weighted by Crippen LogP contribution is 2.54. The van der Waals surface area contributed by atoms with Gasteiger partial charge in [0.15, 0.2) is 8.68 Å². The van der Waals surface area contributed by atoms with Crippen molar-refractivity contribution in [1.29, 1.82) is 5.41 Å². The second kappa shape index (κ2) is 15.7. The molecule has 0 unspecified atom stereocenters. The first-order valence-corrected chi connectivity index (χ1v) is 22.0. The number of carbonyl (C=O) groups excluding carboxylic acids is 2. The van der Waals surface area contributed by atoms with Crippen molar-refractivity contribution in [1.82, 2.24) is 30.0 Å². The van der Waals surface area contributed by atoms with Gasteiger partial charge in [-0.15, -0.1) is 22.7 Å². The van der Waals surface area contributed by atoms with E-state index in [1.54, 1.807) is 20.8 Å². The average molecular weight is 856 g/mol. The number of thioether (sulfide) groups is 2. The number of nitrogens with zero attached hydrogens (tertiary/aromatic N) is 5. The van der Waals surface area contributed by atoms with Crippen LogP contribution in [0.1, 0.15) is 59.9 Å². The molecular formula is C38H45N7O8S4. The van der Waals surface area contributed by atoms with Gasteiger partial charge in [0.25, 0.3) is 0 Å². The Labute approximate surface area is 346 Å². The summed E-state index contributed by atoms with van der Waals surface area (Å²) < 4.78 is 1.47. The predicted molar refractivity (Wildman–Crippen MR) is 218 cm³/mol. The maximum absolute atomic E-state index is 12.5. The summed E-state index contributed by atoms with van der Waals surface area (Å²) in [6, 6.07) is -0.317. The Morgan fingerprint density at radius 1 is 0.825 bits per heavy atom. The molecule has 10 atom stereocenters. The third-order valence-electron chi connectivity index (χ3n) is 11.6. The van der Waals surface area contributed by atoms with Gasteiger partial charge in [0.1, 0.15) is 11.4 Å². The zero-order valence-corrected chi connectivity index (χ0v) is 35.6. The Hall–Kier alpha value is -3.85. The number of hydrogen-bond acceptors (Lipinski definition) is 14. The number of aromatic nitrogens is 2. The number of aliphatic hydroxyl groups is 2. The van der Waals surface area contributed by atoms with Gasteiger partial charge in [0, 0.05) is 51.5 Å². The third kappa shape index (κ3) is 6.97. The molecule has 6 aliphatic heterocycles. The number of amidine groups is 1. The molecule has 0 aliphatic carbocycles. The first-order chi connectivity index (χ1) is 26.9. The van der Waals surface area contributed by atoms with Crippen molar-refractivity contribution in [2.45, 2.75) is 93.5 Å². The van der Waals surface area contributed by atoms with E-state index in [-0.39, 0.29) is 59.2 Å². The molecule has 57 heavy (non-hydrogen) atoms. The summed E-state index contributed by atoms with van der Waals surface area (Å²) in [4.78, 5) is 63.9. The fourth-order valence-electron chi connectivity index (χ4n) is 8.77. The fourth-order valence-corrected chi connectivity index (χ4v) is 13.0. The van der Waals surface area contributed by atoms with Crippen molar-refractivity contribution >= 4 is 86.9 Å². The SMILES string of the molecule is CC(=N)N1CC=C(c2csc(SC3=C(C(=O)O)N4C(=O)[C@H]([C@@H](C)O)[C@H]4[C@H]3C)n2)[C@@H]1C.C[C@@H]1NCC=C1c1csc(SC2=C(C(=O)O)N3C(=O)[C@H]([C@@H](C)O)[C@H]3[C@H]2C)n1. The van der Waals surface area contributed by atoms with E-state index in [1.165, 1.54) is 56.0 Å². The van der Waals surface area contributed by atoms with Gasteiger partial charge < -0.3 is 40.4 Å². The van der Waals surface area contributed by atoms with Crippen molar-refractivity contribution in [2.75, 3.05) is 13.1 Å². The van der Waals surface area contributed by atoms with Crippen LogP contribution in [0.15, 0.2) is 52.8 Å². The van der Waals surface area contributed by atoms with Gasteiger partial charge in [-0.05, 0) is 45.8 Å². The number of carboxylic acid groups (broad SMARTS) is 2. The van der Waals surface area contributed by atoms with E-state index in [0.717, 1.165) is 33.4 Å². The molecule has 0 bridgehead atoms. The molecule has 2 amide bonds. The number of hydrogen-bond donors (Lipinski definition) is 6. The van der Waals surface area contributed by atoms with E-state index < -0.39 is 36.0 Å². The summed E-state index contributed by atoms with van der Waals surface area (Å²) in [5.74, 6) is -3.84. The number of thiazole rings is 2. The highest BCUT2D eigenvalue weighted by atomic mass is 32.2. The zero-order valence-electron chi connectivity index (χ0n) is 32.3. The third-order valence-corrected chi connectivity index (χ3v) is 16.1. The van der Waals surface area contributed by atoms with Crippen LogP contribution in [0.3, 0.4) is 0 Å². The maximum atomic E-state index is 12.5. The minimum Gasteiger partial charge on any atom is -0.477 e. The Balaban J connectivity index is 0.000000175. The van der Waals surface area contributed by atoms with Crippen molar-refractivity contribution in [3.05, 3.63) is 55.5 Å². The molecule has 19 heteroatoms. The lowest BCUT2D eigenvalue weighted by Gasteiger charge is -2.46. The molecule has 8 rings (SSSR count). The number of amides is 2. The molecule has 304 valence electrons. The Kier molecular flexibility index (Phi) is 11.4. The first-order valence-electron chi connectivity index (χ1n) is 18.6. The van der Waals surface area contributed by atoms with Crippen LogP contribution in [0.2, 0.25) is 0 Å². The summed E-state index contributed by atoms with van der Waals surface area (Å²) in [6.07, 6.45) is 2.58. The van der Waals surface area contributed by atoms with E-state index in [1.807, 2.05) is 36.4 Å². The largest absolute Gasteiger partial charge is 0.477 e. The molecular weight excluding hydrogens is 811 g/mol. The Morgan fingerprint density at radius 3 is 1.65 bits per heavy atom. The molecule has 2 fully saturated rings. The quantitative estimate of drug-likeness (QED) is 0.112. The van der Waals surface area contributed by atoms with Gasteiger partial charge in [-0.1, -0.05) is 49.5 Å². The van der Waals surface area contributed by atoms with Gasteiger partial charge in [-0.25, -0.2) is 19.6 Å². The number of fused-ring (bicyclic) bond motifs is 2. The zero-order chi connectivity index (χ0) is 41.4. The summed E-state index contributed by atoms with van der Waals surface area (Å²) >= 11 is 5.53. The van der Waals surface area contributed by atoms with E-state index in [9.17, 15) is 39.6 Å². The monoisotopic (exact) mass is 855 g/mol. The van der Waals surface area contributed by atoms with Crippen LogP contribution >= 0.6 is 46.2 Å². The summed E-state index contributed by atoms with van der Waals surface area (Å²) in [5.41, 5.74) is 4.00. The van der Waals surface area contributed by atoms with Crippen molar-refractivity contribution in [2.24, 2.45) is 23.7 Å². The number of rotatable bonds is 10. The standard InChI is InChI=1S/C20H24N4O4S2.C18H21N3O4S2/c1-8-15-14(10(3)25)18(26)24(15)16(19(27)28)17(8)30-20-22-13(7-29-20)12-5-6-23(9(12)2)11(4)21;1-7-13-12(9(3)22)16(23)21(13)14(17(24)25)15(7)27-18-20-11(6-26-18)10-4-5-19-8(10)2/h5,7-10,14-15,21,25H,6H2,1-4H3,(H,27,28);4,6-9,12-13,19,22H,5H2,1-3H3,(H,24,25)/t8-,9+,10-,14-,15-;7-,8+,9-,12-,13-/m11/s1. The van der Waals surface area contributed by atoms with Crippen LogP contribution in [-0.4, -0.2) is 124 Å². The van der Waals surface area contributed by atoms with Crippen molar-refractivity contribution in [3.8, 4) is 0 Å². The highest BCUT2D eigenvalue weighted by Gasteiger charge is 2.61. The van der Waals surface area contributed by atoms with Gasteiger partial charge in [-0.2, -0.15) is 0 Å². The van der Waals surface area contributed by atoms with Crippen molar-refractivity contribution < 1.29 is 39.6 Å². The van der Waals surface area contributed by atoms with Crippen LogP contribution in [0.25, 0.3) is 11.1 Å². The van der Waals surface area contributed by atoms with E-state index in [4.69, 9.17) is 10.4 Å². The second-order valence-corrected chi connectivity index (χ2v) is 19.4. The number of β-lactam (4-membered cyclic amide) rings is 2. The lowest BCUT2D eigenvalue weighted by molar-refractivity contribution is -0.163. The number of nitrogens with one attached hydrogen (secondary N) is 2. The summed E-state index contributed by atoms with van der Waals surface area (Å²) in [5, 5.41) is 54.5. The fraction of sp³-hybridized carbons (Fsp3) is 0.500. The molecule has 0 aromatic carbocycles. The second-order valence-electron chi connectivity index (χ2n) is 15.1. The molecule has 6 N–H and O–H groups in total. The number of aliphatic carboxylic acids is 2. The first kappa shape index (κ1) is 41.3. The summed E-state index contributed by atoms with van der Waals surface area (Å²) in [6.45, 7) is 14.4. The molecule has 0 radical (unpaired) electrons. The molecule has 2 saturated heterocycles. The van der Waals surface area contributed by atoms with Crippen LogP contribution in [-0.2, 0) is 19.2 Å². The molecule has 2 aromatic heterocycles. The lowest BCUT2D eigenvalue weighted by Crippen LogP contribution is -2.63.